The van der Waals surface area contributed by atoms with Crippen LogP contribution in [0.25, 0.3) is 0 Å². The van der Waals surface area contributed by atoms with Crippen molar-refractivity contribution in [2.45, 2.75) is 19.4 Å². The van der Waals surface area contributed by atoms with Gasteiger partial charge in [-0.15, -0.1) is 0 Å². The van der Waals surface area contributed by atoms with Crippen molar-refractivity contribution in [3.05, 3.63) is 30.3 Å². The van der Waals surface area contributed by atoms with E-state index >= 15 is 0 Å². The fraction of sp³-hybridized carbons (Fsp3) is 0.300. The van der Waals surface area contributed by atoms with E-state index in [4.69, 9.17) is 10.9 Å². The highest BCUT2D eigenvalue weighted by molar-refractivity contribution is 5.77. The van der Waals surface area contributed by atoms with Crippen LogP contribution in [0, 0.1) is 0 Å². The monoisotopic (exact) mass is 194 g/mol. The fourth-order valence-electron chi connectivity index (χ4n) is 1.27. The van der Waals surface area contributed by atoms with Crippen LogP contribution in [0.1, 0.15) is 13.3 Å². The zero-order chi connectivity index (χ0) is 10.6. The molecule has 1 atom stereocenters. The summed E-state index contributed by atoms with van der Waals surface area (Å²) < 4.78 is 0. The maximum absolute atomic E-state index is 10.8. The van der Waals surface area contributed by atoms with Crippen molar-refractivity contribution in [3.8, 4) is 0 Å². The highest BCUT2D eigenvalue weighted by atomic mass is 16.4. The van der Waals surface area contributed by atoms with Gasteiger partial charge in [0.2, 0.25) is 0 Å². The van der Waals surface area contributed by atoms with E-state index < -0.39 is 12.0 Å². The van der Waals surface area contributed by atoms with Crippen LogP contribution in [0.15, 0.2) is 30.3 Å². The van der Waals surface area contributed by atoms with Gasteiger partial charge < -0.3 is 5.11 Å². The minimum atomic E-state index is -0.904. The van der Waals surface area contributed by atoms with Gasteiger partial charge in [0.05, 0.1) is 5.69 Å². The molecule has 0 unspecified atom stereocenters. The van der Waals surface area contributed by atoms with E-state index in [-0.39, 0.29) is 0 Å². The van der Waals surface area contributed by atoms with Gasteiger partial charge in [-0.3, -0.25) is 5.01 Å². The normalized spacial score (nSPS) is 12.1. The first-order valence-electron chi connectivity index (χ1n) is 4.48. The molecule has 1 aromatic rings. The number of para-hydroxylation sites is 1. The van der Waals surface area contributed by atoms with Gasteiger partial charge in [0.15, 0.2) is 0 Å². The Morgan fingerprint density at radius 1 is 1.50 bits per heavy atom. The van der Waals surface area contributed by atoms with Gasteiger partial charge in [-0.2, -0.15) is 0 Å². The molecule has 1 aromatic carbocycles. The number of nitrogens with zero attached hydrogens (tertiary/aromatic N) is 1. The number of anilines is 1. The van der Waals surface area contributed by atoms with Crippen LogP contribution in [-0.4, -0.2) is 17.1 Å². The Balaban J connectivity index is 2.83. The molecule has 76 valence electrons. The molecule has 3 N–H and O–H groups in total. The first kappa shape index (κ1) is 10.5. The second-order valence-corrected chi connectivity index (χ2v) is 3.01. The molecule has 0 spiro atoms. The summed E-state index contributed by atoms with van der Waals surface area (Å²) in [5.41, 5.74) is 0.710. The Labute approximate surface area is 82.9 Å². The van der Waals surface area contributed by atoms with E-state index in [1.54, 1.807) is 19.1 Å². The van der Waals surface area contributed by atoms with Gasteiger partial charge in [-0.05, 0) is 18.6 Å². The number of hydrogen-bond acceptors (Lipinski definition) is 3. The van der Waals surface area contributed by atoms with E-state index in [0.717, 1.165) is 0 Å². The van der Waals surface area contributed by atoms with Gasteiger partial charge in [0, 0.05) is 0 Å². The summed E-state index contributed by atoms with van der Waals surface area (Å²) in [5, 5.41) is 10.2. The van der Waals surface area contributed by atoms with Crippen LogP contribution >= 0.6 is 0 Å². The van der Waals surface area contributed by atoms with Crippen molar-refractivity contribution in [3.63, 3.8) is 0 Å². The summed E-state index contributed by atoms with van der Waals surface area (Å²) in [6.07, 6.45) is 0.473. The third kappa shape index (κ3) is 2.23. The van der Waals surface area contributed by atoms with Gasteiger partial charge >= 0.3 is 5.97 Å². The largest absolute Gasteiger partial charge is 0.480 e. The Morgan fingerprint density at radius 3 is 2.50 bits per heavy atom. The molecule has 0 saturated heterocycles. The first-order valence-corrected chi connectivity index (χ1v) is 4.48. The topological polar surface area (TPSA) is 66.6 Å². The second-order valence-electron chi connectivity index (χ2n) is 3.01. The summed E-state index contributed by atoms with van der Waals surface area (Å²) in [5.74, 6) is 4.80. The van der Waals surface area contributed by atoms with Gasteiger partial charge in [-0.25, -0.2) is 10.6 Å². The highest BCUT2D eigenvalue weighted by Crippen LogP contribution is 2.13. The van der Waals surface area contributed by atoms with Crippen molar-refractivity contribution in [1.29, 1.82) is 0 Å². The van der Waals surface area contributed by atoms with Gasteiger partial charge in [-0.1, -0.05) is 25.1 Å². The van der Waals surface area contributed by atoms with Crippen molar-refractivity contribution in [2.24, 2.45) is 5.84 Å². The molecular formula is C10H14N2O2. The lowest BCUT2D eigenvalue weighted by Gasteiger charge is -2.24. The van der Waals surface area contributed by atoms with Crippen LogP contribution in [0.2, 0.25) is 0 Å². The molecule has 0 radical (unpaired) electrons. The SMILES string of the molecule is CC[C@@H](C(=O)O)N(N)c1ccccc1. The minimum Gasteiger partial charge on any atom is -0.480 e. The average Bonchev–Trinajstić information content (AvgIpc) is 2.19. The number of carbonyl (C=O) groups is 1. The lowest BCUT2D eigenvalue weighted by Crippen LogP contribution is -2.45. The number of hydrogen-bond donors (Lipinski definition) is 2. The van der Waals surface area contributed by atoms with Crippen molar-refractivity contribution < 1.29 is 9.90 Å². The average molecular weight is 194 g/mol. The molecule has 0 heterocycles. The summed E-state index contributed by atoms with van der Waals surface area (Å²) in [6, 6.07) is 8.40. The predicted octanol–water partition coefficient (Wildman–Crippen LogP) is 1.23. The molecule has 0 aliphatic rings. The fourth-order valence-corrected chi connectivity index (χ4v) is 1.27. The van der Waals surface area contributed by atoms with Crippen LogP contribution in [-0.2, 0) is 4.79 Å². The van der Waals surface area contributed by atoms with Crippen LogP contribution in [0.3, 0.4) is 0 Å². The van der Waals surface area contributed by atoms with E-state index in [0.29, 0.717) is 12.1 Å². The molecule has 0 aliphatic heterocycles. The van der Waals surface area contributed by atoms with Gasteiger partial charge in [0.1, 0.15) is 6.04 Å². The van der Waals surface area contributed by atoms with Crippen molar-refractivity contribution in [2.75, 3.05) is 5.01 Å². The molecule has 0 bridgehead atoms. The Hall–Kier alpha value is -1.55. The Morgan fingerprint density at radius 2 is 2.07 bits per heavy atom. The molecule has 0 amide bonds. The molecule has 0 aliphatic carbocycles. The number of nitrogens with two attached hydrogens (primary N) is 1. The summed E-state index contributed by atoms with van der Waals surface area (Å²) in [6.45, 7) is 1.79. The number of benzene rings is 1. The molecular weight excluding hydrogens is 180 g/mol. The lowest BCUT2D eigenvalue weighted by molar-refractivity contribution is -0.138. The second kappa shape index (κ2) is 4.62. The quantitative estimate of drug-likeness (QED) is 0.559. The number of aliphatic carboxylic acids is 1. The molecule has 14 heavy (non-hydrogen) atoms. The van der Waals surface area contributed by atoms with Crippen LogP contribution in [0.5, 0.6) is 0 Å². The third-order valence-electron chi connectivity index (χ3n) is 2.06. The summed E-state index contributed by atoms with van der Waals surface area (Å²) >= 11 is 0. The van der Waals surface area contributed by atoms with Gasteiger partial charge in [0.25, 0.3) is 0 Å². The first-order chi connectivity index (χ1) is 6.66. The van der Waals surface area contributed by atoms with E-state index in [1.165, 1.54) is 5.01 Å². The zero-order valence-electron chi connectivity index (χ0n) is 8.05. The van der Waals surface area contributed by atoms with Crippen LogP contribution < -0.4 is 10.9 Å². The number of hydrazine groups is 1. The highest BCUT2D eigenvalue weighted by Gasteiger charge is 2.21. The summed E-state index contributed by atoms with van der Waals surface area (Å²) in [4.78, 5) is 10.8. The Bertz CT molecular complexity index is 300. The Kier molecular flexibility index (Phi) is 3.48. The molecule has 1 rings (SSSR count). The zero-order valence-corrected chi connectivity index (χ0v) is 8.05. The molecule has 0 saturated carbocycles. The predicted molar refractivity (Wildman–Crippen MR) is 54.8 cm³/mol. The third-order valence-corrected chi connectivity index (χ3v) is 2.06. The number of carboxylic acids is 1. The van der Waals surface area contributed by atoms with E-state index in [2.05, 4.69) is 0 Å². The lowest BCUT2D eigenvalue weighted by atomic mass is 10.2. The summed E-state index contributed by atoms with van der Waals surface area (Å²) in [7, 11) is 0. The molecule has 0 aromatic heterocycles. The van der Waals surface area contributed by atoms with E-state index in [9.17, 15) is 4.79 Å². The molecule has 4 nitrogen and oxygen atoms in total. The molecule has 4 heteroatoms. The minimum absolute atomic E-state index is 0.473. The molecule has 0 fully saturated rings. The standard InChI is InChI=1S/C10H14N2O2/c1-2-9(10(13)14)12(11)8-6-4-3-5-7-8/h3-7,9H,2,11H2,1H3,(H,13,14)/t9-/m0/s1. The maximum Gasteiger partial charge on any atom is 0.327 e. The van der Waals surface area contributed by atoms with E-state index in [1.807, 2.05) is 18.2 Å². The number of rotatable bonds is 4. The number of carboxylic acid groups (broad SMARTS) is 1. The maximum atomic E-state index is 10.8. The smallest absolute Gasteiger partial charge is 0.327 e. The van der Waals surface area contributed by atoms with Crippen molar-refractivity contribution in [1.82, 2.24) is 0 Å². The van der Waals surface area contributed by atoms with Crippen molar-refractivity contribution >= 4 is 11.7 Å². The van der Waals surface area contributed by atoms with Crippen LogP contribution in [0.4, 0.5) is 5.69 Å².